The van der Waals surface area contributed by atoms with E-state index in [-0.39, 0.29) is 0 Å². The van der Waals surface area contributed by atoms with Crippen molar-refractivity contribution in [3.05, 3.63) is 18.0 Å². The van der Waals surface area contributed by atoms with E-state index >= 15 is 0 Å². The first kappa shape index (κ1) is 12.6. The summed E-state index contributed by atoms with van der Waals surface area (Å²) < 4.78 is 1.91. The number of hydrogen-bond acceptors (Lipinski definition) is 2. The molecule has 2 unspecified atom stereocenters. The van der Waals surface area contributed by atoms with Crippen LogP contribution in [0.4, 0.5) is 0 Å². The minimum absolute atomic E-state index is 0.603. The zero-order valence-electron chi connectivity index (χ0n) is 11.3. The summed E-state index contributed by atoms with van der Waals surface area (Å²) in [5.41, 5.74) is 1.26. The van der Waals surface area contributed by atoms with Gasteiger partial charge in [-0.1, -0.05) is 20.3 Å². The molecule has 0 spiro atoms. The van der Waals surface area contributed by atoms with Crippen LogP contribution >= 0.6 is 0 Å². The summed E-state index contributed by atoms with van der Waals surface area (Å²) in [5, 5.41) is 8.08. The summed E-state index contributed by atoms with van der Waals surface area (Å²) in [4.78, 5) is 0. The van der Waals surface area contributed by atoms with Gasteiger partial charge in [-0.15, -0.1) is 0 Å². The molecule has 2 atom stereocenters. The normalized spacial score (nSPS) is 24.7. The third-order valence-corrected chi connectivity index (χ3v) is 3.84. The van der Waals surface area contributed by atoms with Crippen LogP contribution in [0, 0.1) is 11.8 Å². The van der Waals surface area contributed by atoms with E-state index in [1.165, 1.54) is 31.5 Å². The SMILES string of the molecule is CC(C)NCC1CCCC1Cc1ccn(C)n1. The lowest BCUT2D eigenvalue weighted by Gasteiger charge is -2.20. The highest BCUT2D eigenvalue weighted by Crippen LogP contribution is 2.33. The number of nitrogens with one attached hydrogen (secondary N) is 1. The Balaban J connectivity index is 1.86. The largest absolute Gasteiger partial charge is 0.314 e. The molecule has 1 N–H and O–H groups in total. The van der Waals surface area contributed by atoms with Crippen molar-refractivity contribution >= 4 is 0 Å². The molecule has 1 saturated carbocycles. The van der Waals surface area contributed by atoms with Crippen molar-refractivity contribution in [1.82, 2.24) is 15.1 Å². The maximum absolute atomic E-state index is 4.50. The van der Waals surface area contributed by atoms with Gasteiger partial charge in [0.15, 0.2) is 0 Å². The van der Waals surface area contributed by atoms with Crippen LogP contribution in [0.25, 0.3) is 0 Å². The molecule has 0 saturated heterocycles. The first-order chi connectivity index (χ1) is 8.15. The van der Waals surface area contributed by atoms with Crippen molar-refractivity contribution in [1.29, 1.82) is 0 Å². The zero-order chi connectivity index (χ0) is 12.3. The molecule has 0 amide bonds. The van der Waals surface area contributed by atoms with Crippen LogP contribution in [0.3, 0.4) is 0 Å². The van der Waals surface area contributed by atoms with Gasteiger partial charge >= 0.3 is 0 Å². The standard InChI is InChI=1S/C14H25N3/c1-11(2)15-10-13-6-4-5-12(13)9-14-7-8-17(3)16-14/h7-8,11-13,15H,4-6,9-10H2,1-3H3. The molecule has 3 heteroatoms. The molecular formula is C14H25N3. The maximum atomic E-state index is 4.50. The van der Waals surface area contributed by atoms with Gasteiger partial charge in [0.1, 0.15) is 0 Å². The highest BCUT2D eigenvalue weighted by atomic mass is 15.2. The Morgan fingerprint density at radius 2 is 2.18 bits per heavy atom. The number of nitrogens with zero attached hydrogens (tertiary/aromatic N) is 2. The maximum Gasteiger partial charge on any atom is 0.0627 e. The molecule has 1 fully saturated rings. The molecule has 0 bridgehead atoms. The molecule has 0 aromatic carbocycles. The molecule has 1 aromatic heterocycles. The monoisotopic (exact) mass is 235 g/mol. The third kappa shape index (κ3) is 3.56. The van der Waals surface area contributed by atoms with E-state index in [0.29, 0.717) is 6.04 Å². The average molecular weight is 235 g/mol. The average Bonchev–Trinajstić information content (AvgIpc) is 2.86. The van der Waals surface area contributed by atoms with Crippen LogP contribution < -0.4 is 5.32 Å². The van der Waals surface area contributed by atoms with Crippen LogP contribution in [0.1, 0.15) is 38.8 Å². The molecule has 0 aliphatic heterocycles. The highest BCUT2D eigenvalue weighted by molar-refractivity contribution is 5.01. The van der Waals surface area contributed by atoms with Crippen LogP contribution in [-0.4, -0.2) is 22.4 Å². The summed E-state index contributed by atoms with van der Waals surface area (Å²) in [6.07, 6.45) is 7.36. The second-order valence-electron chi connectivity index (χ2n) is 5.70. The summed E-state index contributed by atoms with van der Waals surface area (Å²) in [6, 6.07) is 2.76. The van der Waals surface area contributed by atoms with Crippen molar-refractivity contribution in [3.63, 3.8) is 0 Å². The minimum atomic E-state index is 0.603. The molecule has 2 rings (SSSR count). The van der Waals surface area contributed by atoms with Gasteiger partial charge in [-0.25, -0.2) is 0 Å². The third-order valence-electron chi connectivity index (χ3n) is 3.84. The van der Waals surface area contributed by atoms with Gasteiger partial charge in [-0.05, 0) is 43.7 Å². The Labute approximate surface area is 105 Å². The second kappa shape index (κ2) is 5.67. The fraction of sp³-hybridized carbons (Fsp3) is 0.786. The molecule has 96 valence electrons. The van der Waals surface area contributed by atoms with E-state index in [1.807, 2.05) is 17.9 Å². The molecule has 17 heavy (non-hydrogen) atoms. The smallest absolute Gasteiger partial charge is 0.0627 e. The van der Waals surface area contributed by atoms with E-state index in [1.54, 1.807) is 0 Å². The van der Waals surface area contributed by atoms with Gasteiger partial charge in [0.05, 0.1) is 5.69 Å². The van der Waals surface area contributed by atoms with Crippen LogP contribution in [-0.2, 0) is 13.5 Å². The van der Waals surface area contributed by atoms with Crippen LogP contribution in [0.2, 0.25) is 0 Å². The Morgan fingerprint density at radius 3 is 2.82 bits per heavy atom. The number of hydrogen-bond donors (Lipinski definition) is 1. The molecule has 3 nitrogen and oxygen atoms in total. The molecular weight excluding hydrogens is 210 g/mol. The lowest BCUT2D eigenvalue weighted by molar-refractivity contribution is 0.351. The van der Waals surface area contributed by atoms with Crippen molar-refractivity contribution in [2.45, 2.75) is 45.6 Å². The minimum Gasteiger partial charge on any atom is -0.314 e. The number of rotatable bonds is 5. The zero-order valence-corrected chi connectivity index (χ0v) is 11.3. The topological polar surface area (TPSA) is 29.9 Å². The Kier molecular flexibility index (Phi) is 4.21. The summed E-state index contributed by atoms with van der Waals surface area (Å²) in [6.45, 7) is 5.63. The first-order valence-electron chi connectivity index (χ1n) is 6.87. The van der Waals surface area contributed by atoms with Gasteiger partial charge in [-0.3, -0.25) is 4.68 Å². The van der Waals surface area contributed by atoms with E-state index < -0.39 is 0 Å². The van der Waals surface area contributed by atoms with Crippen molar-refractivity contribution in [3.8, 4) is 0 Å². The number of aryl methyl sites for hydroxylation is 1. The Bertz CT molecular complexity index is 343. The van der Waals surface area contributed by atoms with Gasteiger partial charge in [0.2, 0.25) is 0 Å². The van der Waals surface area contributed by atoms with Gasteiger partial charge in [0, 0.05) is 19.3 Å². The quantitative estimate of drug-likeness (QED) is 0.849. The molecule has 0 radical (unpaired) electrons. The molecule has 1 aliphatic rings. The van der Waals surface area contributed by atoms with Crippen LogP contribution in [0.15, 0.2) is 12.3 Å². The van der Waals surface area contributed by atoms with E-state index in [2.05, 4.69) is 30.3 Å². The lowest BCUT2D eigenvalue weighted by atomic mass is 9.91. The summed E-state index contributed by atoms with van der Waals surface area (Å²) in [7, 11) is 2.00. The van der Waals surface area contributed by atoms with Gasteiger partial charge in [0.25, 0.3) is 0 Å². The second-order valence-corrected chi connectivity index (χ2v) is 5.70. The fourth-order valence-corrected chi connectivity index (χ4v) is 2.88. The molecule has 1 aromatic rings. The van der Waals surface area contributed by atoms with Gasteiger partial charge < -0.3 is 5.32 Å². The molecule has 1 aliphatic carbocycles. The first-order valence-corrected chi connectivity index (χ1v) is 6.87. The fourth-order valence-electron chi connectivity index (χ4n) is 2.88. The van der Waals surface area contributed by atoms with Gasteiger partial charge in [-0.2, -0.15) is 5.10 Å². The van der Waals surface area contributed by atoms with E-state index in [4.69, 9.17) is 0 Å². The number of aromatic nitrogens is 2. The highest BCUT2D eigenvalue weighted by Gasteiger charge is 2.27. The Morgan fingerprint density at radius 1 is 1.41 bits per heavy atom. The van der Waals surface area contributed by atoms with Crippen molar-refractivity contribution in [2.24, 2.45) is 18.9 Å². The van der Waals surface area contributed by atoms with E-state index in [9.17, 15) is 0 Å². The summed E-state index contributed by atoms with van der Waals surface area (Å²) in [5.74, 6) is 1.68. The predicted molar refractivity (Wildman–Crippen MR) is 70.9 cm³/mol. The van der Waals surface area contributed by atoms with E-state index in [0.717, 1.165) is 18.3 Å². The molecule has 1 heterocycles. The summed E-state index contributed by atoms with van der Waals surface area (Å²) >= 11 is 0. The Hall–Kier alpha value is -0.830. The van der Waals surface area contributed by atoms with Crippen LogP contribution in [0.5, 0.6) is 0 Å². The van der Waals surface area contributed by atoms with Crippen molar-refractivity contribution < 1.29 is 0 Å². The van der Waals surface area contributed by atoms with Crippen molar-refractivity contribution in [2.75, 3.05) is 6.54 Å². The lowest BCUT2D eigenvalue weighted by Crippen LogP contribution is -2.31. The predicted octanol–water partition coefficient (Wildman–Crippen LogP) is 2.38.